The largest absolute Gasteiger partial charge is 0.309 e. The second-order valence-electron chi connectivity index (χ2n) is 12.7. The van der Waals surface area contributed by atoms with Crippen LogP contribution in [0.2, 0.25) is 0 Å². The molecule has 0 aliphatic heterocycles. The van der Waals surface area contributed by atoms with Gasteiger partial charge in [0.15, 0.2) is 0 Å². The normalized spacial score (nSPS) is 11.6. The molecule has 4 heteroatoms. The molecule has 10 aromatic rings. The summed E-state index contributed by atoms with van der Waals surface area (Å²) >= 11 is 0. The molecule has 0 aliphatic rings. The van der Waals surface area contributed by atoms with Crippen LogP contribution in [0.3, 0.4) is 0 Å². The van der Waals surface area contributed by atoms with Gasteiger partial charge in [-0.15, -0.1) is 0 Å². The van der Waals surface area contributed by atoms with Crippen LogP contribution in [0.15, 0.2) is 182 Å². The van der Waals surface area contributed by atoms with E-state index in [4.69, 9.17) is 9.97 Å². The Morgan fingerprint density at radius 3 is 1.56 bits per heavy atom. The van der Waals surface area contributed by atoms with Crippen molar-refractivity contribution in [1.29, 1.82) is 0 Å². The molecule has 0 aliphatic carbocycles. The molecule has 0 radical (unpaired) electrons. The van der Waals surface area contributed by atoms with Crippen LogP contribution in [0.4, 0.5) is 0 Å². The van der Waals surface area contributed by atoms with E-state index in [0.29, 0.717) is 5.95 Å². The molecule has 0 spiro atoms. The van der Waals surface area contributed by atoms with Gasteiger partial charge >= 0.3 is 0 Å². The Bertz CT molecular complexity index is 2820. The minimum Gasteiger partial charge on any atom is -0.309 e. The minimum atomic E-state index is 0.643. The molecular weight excluding hydrogens is 609 g/mol. The lowest BCUT2D eigenvalue weighted by Gasteiger charge is -2.11. The second-order valence-corrected chi connectivity index (χ2v) is 12.7. The molecule has 0 saturated carbocycles. The first-order valence-electron chi connectivity index (χ1n) is 16.9. The minimum absolute atomic E-state index is 0.643. The Hall–Kier alpha value is -6.78. The van der Waals surface area contributed by atoms with E-state index in [0.717, 1.165) is 38.8 Å². The highest BCUT2D eigenvalue weighted by Gasteiger charge is 2.22. The predicted molar refractivity (Wildman–Crippen MR) is 207 cm³/mol. The highest BCUT2D eigenvalue weighted by atomic mass is 15.2. The zero-order valence-electron chi connectivity index (χ0n) is 27.1. The zero-order chi connectivity index (χ0) is 33.0. The second kappa shape index (κ2) is 11.4. The number of hydrogen-bond donors (Lipinski definition) is 0. The van der Waals surface area contributed by atoms with Crippen molar-refractivity contribution >= 4 is 43.6 Å². The van der Waals surface area contributed by atoms with E-state index in [1.807, 2.05) is 30.6 Å². The third-order valence-electron chi connectivity index (χ3n) is 9.85. The van der Waals surface area contributed by atoms with E-state index < -0.39 is 0 Å². The molecule has 10 rings (SSSR count). The number of fused-ring (bicyclic) bond motifs is 7. The van der Waals surface area contributed by atoms with Crippen molar-refractivity contribution in [1.82, 2.24) is 19.1 Å². The lowest BCUT2D eigenvalue weighted by molar-refractivity contribution is 0.990. The van der Waals surface area contributed by atoms with E-state index in [9.17, 15) is 0 Å². The maximum absolute atomic E-state index is 4.99. The smallest absolute Gasteiger partial charge is 0.234 e. The lowest BCUT2D eigenvalue weighted by atomic mass is 10.0. The summed E-state index contributed by atoms with van der Waals surface area (Å²) in [6.07, 6.45) is 3.86. The summed E-state index contributed by atoms with van der Waals surface area (Å²) in [7, 11) is 0. The van der Waals surface area contributed by atoms with Crippen LogP contribution in [0.5, 0.6) is 0 Å². The molecule has 0 N–H and O–H groups in total. The van der Waals surface area contributed by atoms with Gasteiger partial charge in [-0.1, -0.05) is 140 Å². The van der Waals surface area contributed by atoms with Crippen LogP contribution in [0.25, 0.3) is 88.6 Å². The highest BCUT2D eigenvalue weighted by Crippen LogP contribution is 2.42. The van der Waals surface area contributed by atoms with Crippen LogP contribution in [0.1, 0.15) is 0 Å². The summed E-state index contributed by atoms with van der Waals surface area (Å²) in [5, 5.41) is 4.77. The Kier molecular flexibility index (Phi) is 6.46. The fourth-order valence-corrected chi connectivity index (χ4v) is 7.50. The first-order chi connectivity index (χ1) is 24.8. The average molecular weight is 639 g/mol. The van der Waals surface area contributed by atoms with Gasteiger partial charge in [-0.3, -0.25) is 4.57 Å². The first kappa shape index (κ1) is 28.3. The van der Waals surface area contributed by atoms with E-state index in [2.05, 4.69) is 161 Å². The van der Waals surface area contributed by atoms with Gasteiger partial charge in [0.25, 0.3) is 0 Å². The van der Waals surface area contributed by atoms with Crippen LogP contribution < -0.4 is 0 Å². The van der Waals surface area contributed by atoms with Crippen molar-refractivity contribution < 1.29 is 0 Å². The summed E-state index contributed by atoms with van der Waals surface area (Å²) in [4.78, 5) is 9.97. The number of hydrogen-bond acceptors (Lipinski definition) is 2. The van der Waals surface area contributed by atoms with E-state index in [1.54, 1.807) is 0 Å². The molecule has 0 atom stereocenters. The van der Waals surface area contributed by atoms with Crippen molar-refractivity contribution in [3.63, 3.8) is 0 Å². The fourth-order valence-electron chi connectivity index (χ4n) is 7.50. The molecule has 50 heavy (non-hydrogen) atoms. The van der Waals surface area contributed by atoms with Crippen molar-refractivity contribution in [3.05, 3.63) is 182 Å². The van der Waals surface area contributed by atoms with Crippen LogP contribution in [-0.4, -0.2) is 19.1 Å². The average Bonchev–Trinajstić information content (AvgIpc) is 3.71. The molecule has 234 valence electrons. The van der Waals surface area contributed by atoms with Crippen molar-refractivity contribution in [2.45, 2.75) is 0 Å². The Morgan fingerprint density at radius 2 is 0.880 bits per heavy atom. The number of nitrogens with zero attached hydrogens (tertiary/aromatic N) is 4. The molecule has 0 unspecified atom stereocenters. The maximum Gasteiger partial charge on any atom is 0.234 e. The van der Waals surface area contributed by atoms with Crippen molar-refractivity contribution in [2.24, 2.45) is 0 Å². The Labute approximate surface area is 289 Å². The summed E-state index contributed by atoms with van der Waals surface area (Å²) in [6.45, 7) is 0. The van der Waals surface area contributed by atoms with Crippen molar-refractivity contribution in [3.8, 4) is 45.0 Å². The Morgan fingerprint density at radius 1 is 0.340 bits per heavy atom. The van der Waals surface area contributed by atoms with Gasteiger partial charge in [0, 0.05) is 45.2 Å². The molecule has 7 aromatic carbocycles. The SMILES string of the molecule is c1ccc(-c2ccc(-n3c4ccccc4c4ccc5c(c6ccc(-c7ccccc7)cc6n5-c5ncc(-c6ccccc6)cn5)c43)cc2)cc1. The van der Waals surface area contributed by atoms with Crippen LogP contribution in [0, 0.1) is 0 Å². The third kappa shape index (κ3) is 4.46. The molecule has 3 heterocycles. The standard InChI is InChI=1S/C46H30N4/c1-4-12-31(13-5-1)34-20-23-37(24-21-34)49-41-19-11-10-18-38(41)39-26-27-42-44(45(39)49)40-25-22-35(32-14-6-2-7-15-32)28-43(40)50(42)46-47-29-36(30-48-46)33-16-8-3-9-17-33/h1-30H. The molecule has 4 nitrogen and oxygen atoms in total. The van der Waals surface area contributed by atoms with Crippen LogP contribution >= 0.6 is 0 Å². The van der Waals surface area contributed by atoms with Crippen molar-refractivity contribution in [2.75, 3.05) is 0 Å². The topological polar surface area (TPSA) is 35.6 Å². The molecule has 0 saturated heterocycles. The molecule has 0 amide bonds. The number of para-hydroxylation sites is 1. The first-order valence-corrected chi connectivity index (χ1v) is 16.9. The summed E-state index contributed by atoms with van der Waals surface area (Å²) in [5.41, 5.74) is 12.4. The fraction of sp³-hybridized carbons (Fsp3) is 0. The summed E-state index contributed by atoms with van der Waals surface area (Å²) in [6, 6.07) is 60.4. The summed E-state index contributed by atoms with van der Waals surface area (Å²) < 4.78 is 4.65. The zero-order valence-corrected chi connectivity index (χ0v) is 27.1. The van der Waals surface area contributed by atoms with Gasteiger partial charge in [0.2, 0.25) is 5.95 Å². The van der Waals surface area contributed by atoms with Gasteiger partial charge < -0.3 is 4.57 Å². The predicted octanol–water partition coefficient (Wildman–Crippen LogP) is 11.7. The molecule has 3 aromatic heterocycles. The number of rotatable bonds is 5. The van der Waals surface area contributed by atoms with Crippen LogP contribution in [-0.2, 0) is 0 Å². The van der Waals surface area contributed by atoms with E-state index >= 15 is 0 Å². The van der Waals surface area contributed by atoms with Gasteiger partial charge in [0.05, 0.1) is 22.1 Å². The van der Waals surface area contributed by atoms with Gasteiger partial charge in [-0.25, -0.2) is 9.97 Å². The van der Waals surface area contributed by atoms with E-state index in [-0.39, 0.29) is 0 Å². The molecule has 0 bridgehead atoms. The van der Waals surface area contributed by atoms with Gasteiger partial charge in [-0.2, -0.15) is 0 Å². The highest BCUT2D eigenvalue weighted by molar-refractivity contribution is 6.26. The Balaban J connectivity index is 1.27. The molecule has 0 fully saturated rings. The van der Waals surface area contributed by atoms with Gasteiger partial charge in [-0.05, 0) is 58.1 Å². The lowest BCUT2D eigenvalue weighted by Crippen LogP contribution is -2.01. The number of aromatic nitrogens is 4. The van der Waals surface area contributed by atoms with E-state index in [1.165, 1.54) is 43.9 Å². The monoisotopic (exact) mass is 638 g/mol. The number of benzene rings is 7. The maximum atomic E-state index is 4.99. The molecular formula is C46H30N4. The quantitative estimate of drug-likeness (QED) is 0.188. The van der Waals surface area contributed by atoms with Gasteiger partial charge in [0.1, 0.15) is 0 Å². The third-order valence-corrected chi connectivity index (χ3v) is 9.85. The summed E-state index contributed by atoms with van der Waals surface area (Å²) in [5.74, 6) is 0.643.